The van der Waals surface area contributed by atoms with Gasteiger partial charge in [-0.1, -0.05) is 30.3 Å². The quantitative estimate of drug-likeness (QED) is 0.803. The van der Waals surface area contributed by atoms with Crippen molar-refractivity contribution < 1.29 is 9.50 Å². The minimum atomic E-state index is -0.973. The van der Waals surface area contributed by atoms with E-state index in [0.29, 0.717) is 6.54 Å². The smallest absolute Gasteiger partial charge is 0.124 e. The van der Waals surface area contributed by atoms with Crippen LogP contribution in [0.2, 0.25) is 0 Å². The molecule has 0 saturated carbocycles. The minimum absolute atomic E-state index is 0.259. The summed E-state index contributed by atoms with van der Waals surface area (Å²) in [6.07, 6.45) is 0. The Morgan fingerprint density at radius 2 is 1.89 bits per heavy atom. The maximum absolute atomic E-state index is 13.0. The first-order chi connectivity index (χ1) is 8.99. The van der Waals surface area contributed by atoms with Crippen LogP contribution in [0.15, 0.2) is 48.5 Å². The van der Waals surface area contributed by atoms with Gasteiger partial charge in [0.25, 0.3) is 0 Å². The summed E-state index contributed by atoms with van der Waals surface area (Å²) < 4.78 is 13.8. The fourth-order valence-corrected chi connectivity index (χ4v) is 2.47. The Kier molecular flexibility index (Phi) is 4.42. The monoisotopic (exact) mass is 371 g/mol. The lowest BCUT2D eigenvalue weighted by Crippen LogP contribution is -2.30. The first-order valence-electron chi connectivity index (χ1n) is 5.96. The Bertz CT molecular complexity index is 557. The summed E-state index contributed by atoms with van der Waals surface area (Å²) in [5.74, 6) is -0.259. The number of hydrogen-bond acceptors (Lipinski definition) is 2. The zero-order valence-corrected chi connectivity index (χ0v) is 12.7. The Hall–Kier alpha value is -1.14. The van der Waals surface area contributed by atoms with Crippen LogP contribution >= 0.6 is 22.6 Å². The fourth-order valence-electron chi connectivity index (χ4n) is 1.80. The second-order valence-corrected chi connectivity index (χ2v) is 5.78. The van der Waals surface area contributed by atoms with Crippen molar-refractivity contribution in [1.29, 1.82) is 0 Å². The predicted octanol–water partition coefficient (Wildman–Crippen LogP) is 3.75. The summed E-state index contributed by atoms with van der Waals surface area (Å²) in [5.41, 5.74) is 0.691. The van der Waals surface area contributed by atoms with Crippen molar-refractivity contribution in [2.75, 3.05) is 11.9 Å². The molecule has 100 valence electrons. The molecule has 2 aromatic rings. The molecule has 0 aliphatic carbocycles. The molecular formula is C15H15FINO. The fraction of sp³-hybridized carbons (Fsp3) is 0.200. The molecule has 0 spiro atoms. The van der Waals surface area contributed by atoms with Gasteiger partial charge < -0.3 is 10.4 Å². The highest BCUT2D eigenvalue weighted by molar-refractivity contribution is 14.1. The summed E-state index contributed by atoms with van der Waals surface area (Å²) in [6, 6.07) is 14.0. The van der Waals surface area contributed by atoms with Crippen molar-refractivity contribution in [3.63, 3.8) is 0 Å². The molecule has 0 aliphatic rings. The van der Waals surface area contributed by atoms with E-state index in [0.717, 1.165) is 14.8 Å². The van der Waals surface area contributed by atoms with Gasteiger partial charge in [-0.2, -0.15) is 0 Å². The molecule has 0 heterocycles. The van der Waals surface area contributed by atoms with Crippen molar-refractivity contribution in [3.05, 3.63) is 63.5 Å². The molecule has 0 aromatic heterocycles. The highest BCUT2D eigenvalue weighted by Crippen LogP contribution is 2.23. The molecule has 0 fully saturated rings. The summed E-state index contributed by atoms with van der Waals surface area (Å²) in [6.45, 7) is 2.12. The van der Waals surface area contributed by atoms with Gasteiger partial charge in [0, 0.05) is 15.8 Å². The molecule has 2 nitrogen and oxygen atoms in total. The average molecular weight is 371 g/mol. The number of rotatable bonds is 4. The Morgan fingerprint density at radius 1 is 1.21 bits per heavy atom. The van der Waals surface area contributed by atoms with E-state index in [1.165, 1.54) is 12.1 Å². The summed E-state index contributed by atoms with van der Waals surface area (Å²) in [5, 5.41) is 13.6. The number of anilines is 1. The highest BCUT2D eigenvalue weighted by atomic mass is 127. The summed E-state index contributed by atoms with van der Waals surface area (Å²) >= 11 is 2.07. The van der Waals surface area contributed by atoms with E-state index < -0.39 is 5.60 Å². The lowest BCUT2D eigenvalue weighted by Gasteiger charge is -2.25. The Morgan fingerprint density at radius 3 is 2.53 bits per heavy atom. The molecule has 0 saturated heterocycles. The van der Waals surface area contributed by atoms with Crippen LogP contribution in [0, 0.1) is 9.39 Å². The Balaban J connectivity index is 2.09. The van der Waals surface area contributed by atoms with E-state index >= 15 is 0 Å². The normalized spacial score (nSPS) is 13.9. The number of nitrogens with one attached hydrogen (secondary N) is 1. The molecule has 0 aliphatic heterocycles. The predicted molar refractivity (Wildman–Crippen MR) is 83.6 cm³/mol. The summed E-state index contributed by atoms with van der Waals surface area (Å²) in [4.78, 5) is 0. The number of benzene rings is 2. The second kappa shape index (κ2) is 5.88. The Labute approximate surface area is 125 Å². The molecule has 1 atom stereocenters. The van der Waals surface area contributed by atoms with Gasteiger partial charge in [-0.3, -0.25) is 0 Å². The average Bonchev–Trinajstić information content (AvgIpc) is 2.39. The van der Waals surface area contributed by atoms with E-state index in [4.69, 9.17) is 0 Å². The van der Waals surface area contributed by atoms with Crippen LogP contribution < -0.4 is 5.32 Å². The molecule has 2 rings (SSSR count). The maximum atomic E-state index is 13.0. The van der Waals surface area contributed by atoms with E-state index in [1.54, 1.807) is 13.0 Å². The van der Waals surface area contributed by atoms with Crippen LogP contribution in [0.5, 0.6) is 0 Å². The van der Waals surface area contributed by atoms with Gasteiger partial charge in [0.1, 0.15) is 11.4 Å². The van der Waals surface area contributed by atoms with Crippen molar-refractivity contribution in [1.82, 2.24) is 0 Å². The van der Waals surface area contributed by atoms with E-state index in [9.17, 15) is 9.50 Å². The highest BCUT2D eigenvalue weighted by Gasteiger charge is 2.22. The number of hydrogen-bond donors (Lipinski definition) is 2. The first kappa shape index (κ1) is 14.3. The van der Waals surface area contributed by atoms with E-state index in [1.807, 2.05) is 30.3 Å². The molecule has 2 N–H and O–H groups in total. The minimum Gasteiger partial charge on any atom is -0.384 e. The lowest BCUT2D eigenvalue weighted by molar-refractivity contribution is 0.0715. The van der Waals surface area contributed by atoms with Gasteiger partial charge in [0.2, 0.25) is 0 Å². The molecule has 0 bridgehead atoms. The van der Waals surface area contributed by atoms with Gasteiger partial charge >= 0.3 is 0 Å². The van der Waals surface area contributed by atoms with Crippen molar-refractivity contribution >= 4 is 28.3 Å². The maximum Gasteiger partial charge on any atom is 0.124 e. The van der Waals surface area contributed by atoms with E-state index in [-0.39, 0.29) is 5.82 Å². The third kappa shape index (κ3) is 3.67. The largest absolute Gasteiger partial charge is 0.384 e. The third-order valence-electron chi connectivity index (χ3n) is 2.95. The molecule has 2 aromatic carbocycles. The van der Waals surface area contributed by atoms with Gasteiger partial charge in [0.15, 0.2) is 0 Å². The lowest BCUT2D eigenvalue weighted by atomic mass is 9.96. The topological polar surface area (TPSA) is 32.3 Å². The van der Waals surface area contributed by atoms with Gasteiger partial charge in [-0.25, -0.2) is 4.39 Å². The second-order valence-electron chi connectivity index (χ2n) is 4.62. The van der Waals surface area contributed by atoms with Crippen LogP contribution in [-0.2, 0) is 5.60 Å². The van der Waals surface area contributed by atoms with Crippen LogP contribution in [0.1, 0.15) is 12.5 Å². The SMILES string of the molecule is CC(O)(CNc1ccc(F)cc1I)c1ccccc1. The molecule has 4 heteroatoms. The van der Waals surface area contributed by atoms with Crippen LogP contribution in [0.4, 0.5) is 10.1 Å². The van der Waals surface area contributed by atoms with Crippen molar-refractivity contribution in [3.8, 4) is 0 Å². The van der Waals surface area contributed by atoms with Gasteiger partial charge in [-0.15, -0.1) is 0 Å². The molecule has 0 amide bonds. The van der Waals surface area contributed by atoms with Crippen LogP contribution in [-0.4, -0.2) is 11.7 Å². The van der Waals surface area contributed by atoms with Crippen molar-refractivity contribution in [2.24, 2.45) is 0 Å². The van der Waals surface area contributed by atoms with Crippen LogP contribution in [0.3, 0.4) is 0 Å². The van der Waals surface area contributed by atoms with Crippen LogP contribution in [0.25, 0.3) is 0 Å². The zero-order chi connectivity index (χ0) is 13.9. The molecule has 19 heavy (non-hydrogen) atoms. The van der Waals surface area contributed by atoms with Gasteiger partial charge in [-0.05, 0) is 53.3 Å². The van der Waals surface area contributed by atoms with E-state index in [2.05, 4.69) is 27.9 Å². The third-order valence-corrected chi connectivity index (χ3v) is 3.84. The number of halogens is 2. The molecular weight excluding hydrogens is 356 g/mol. The zero-order valence-electron chi connectivity index (χ0n) is 10.5. The first-order valence-corrected chi connectivity index (χ1v) is 7.04. The van der Waals surface area contributed by atoms with Gasteiger partial charge in [0.05, 0.1) is 0 Å². The standard InChI is InChI=1S/C15H15FINO/c1-15(19,11-5-3-2-4-6-11)10-18-14-8-7-12(16)9-13(14)17/h2-9,18-19H,10H2,1H3. The molecule has 1 unspecified atom stereocenters. The molecule has 0 radical (unpaired) electrons. The van der Waals surface area contributed by atoms with Crippen molar-refractivity contribution in [2.45, 2.75) is 12.5 Å². The number of aliphatic hydroxyl groups is 1. The summed E-state index contributed by atoms with van der Waals surface area (Å²) in [7, 11) is 0.